The molecule has 52 valence electrons. The first-order valence-electron chi connectivity index (χ1n) is 2.56. The van der Waals surface area contributed by atoms with Gasteiger partial charge < -0.3 is 10.6 Å². The fourth-order valence-corrected chi connectivity index (χ4v) is 0.392. The lowest BCUT2D eigenvalue weighted by atomic mass is 10.6. The zero-order valence-corrected chi connectivity index (χ0v) is 6.70. The van der Waals surface area contributed by atoms with Crippen molar-refractivity contribution >= 4 is 23.2 Å². The van der Waals surface area contributed by atoms with E-state index in [0.717, 1.165) is 5.84 Å². The first-order chi connectivity index (χ1) is 4.04. The van der Waals surface area contributed by atoms with E-state index in [9.17, 15) is 0 Å². The summed E-state index contributed by atoms with van der Waals surface area (Å²) in [6.07, 6.45) is 0. The summed E-state index contributed by atoms with van der Waals surface area (Å²) in [5.41, 5.74) is 5.15. The second-order valence-corrected chi connectivity index (χ2v) is 2.31. The van der Waals surface area contributed by atoms with Crippen LogP contribution in [-0.2, 0) is 0 Å². The number of hydrogen-bond donors (Lipinski definition) is 1. The van der Waals surface area contributed by atoms with Crippen molar-refractivity contribution in [1.82, 2.24) is 4.90 Å². The Labute approximate surface area is 60.6 Å². The normalized spacial score (nSPS) is 11.2. The number of rotatable bonds is 0. The fraction of sp³-hybridized carbons (Fsp3) is 0.600. The highest BCUT2D eigenvalue weighted by Crippen LogP contribution is 1.81. The van der Waals surface area contributed by atoms with Gasteiger partial charge in [-0.15, -0.1) is 0 Å². The standard InChI is InChI=1S/C5H11N3S/c1-4(8(2)3)7-5(6)9/h1-3H3,(H2,6,9)/b7-4+. The molecule has 0 amide bonds. The molecular weight excluding hydrogens is 134 g/mol. The van der Waals surface area contributed by atoms with Crippen LogP contribution >= 0.6 is 12.2 Å². The molecule has 0 radical (unpaired) electrons. The van der Waals surface area contributed by atoms with Crippen LogP contribution < -0.4 is 5.73 Å². The van der Waals surface area contributed by atoms with Gasteiger partial charge in [-0.25, -0.2) is 4.99 Å². The Balaban J connectivity index is 4.00. The molecule has 0 aliphatic carbocycles. The molecular formula is C5H11N3S. The maximum atomic E-state index is 5.15. The van der Waals surface area contributed by atoms with Crippen molar-refractivity contribution < 1.29 is 0 Å². The second kappa shape index (κ2) is 3.40. The molecule has 0 spiro atoms. The van der Waals surface area contributed by atoms with E-state index in [2.05, 4.69) is 17.2 Å². The SMILES string of the molecule is C/C(=N\C(N)=S)N(C)C. The van der Waals surface area contributed by atoms with Gasteiger partial charge in [0.15, 0.2) is 5.11 Å². The van der Waals surface area contributed by atoms with Gasteiger partial charge in [-0.3, -0.25) is 0 Å². The van der Waals surface area contributed by atoms with Crippen molar-refractivity contribution in [2.24, 2.45) is 10.7 Å². The van der Waals surface area contributed by atoms with Crippen LogP contribution in [0.1, 0.15) is 6.92 Å². The molecule has 0 fully saturated rings. The minimum absolute atomic E-state index is 0.182. The third-order valence-corrected chi connectivity index (χ3v) is 1.01. The van der Waals surface area contributed by atoms with Gasteiger partial charge in [-0.05, 0) is 19.1 Å². The number of thiocarbonyl (C=S) groups is 1. The summed E-state index contributed by atoms with van der Waals surface area (Å²) in [4.78, 5) is 5.68. The van der Waals surface area contributed by atoms with Gasteiger partial charge in [-0.2, -0.15) is 0 Å². The van der Waals surface area contributed by atoms with Crippen LogP contribution in [0.2, 0.25) is 0 Å². The molecule has 0 aromatic heterocycles. The van der Waals surface area contributed by atoms with Crippen LogP contribution in [0, 0.1) is 0 Å². The van der Waals surface area contributed by atoms with Gasteiger partial charge >= 0.3 is 0 Å². The maximum Gasteiger partial charge on any atom is 0.191 e. The zero-order valence-electron chi connectivity index (χ0n) is 5.88. The van der Waals surface area contributed by atoms with Gasteiger partial charge in [0.2, 0.25) is 0 Å². The van der Waals surface area contributed by atoms with Gasteiger partial charge in [0.25, 0.3) is 0 Å². The maximum absolute atomic E-state index is 5.15. The molecule has 0 aromatic rings. The van der Waals surface area contributed by atoms with Crippen LogP contribution in [0.15, 0.2) is 4.99 Å². The Morgan fingerprint density at radius 2 is 2.00 bits per heavy atom. The second-order valence-electron chi connectivity index (χ2n) is 1.89. The number of aliphatic imine (C=N–C) groups is 1. The summed E-state index contributed by atoms with van der Waals surface area (Å²) in [5, 5.41) is 0.182. The van der Waals surface area contributed by atoms with Crippen molar-refractivity contribution in [3.05, 3.63) is 0 Å². The summed E-state index contributed by atoms with van der Waals surface area (Å²) >= 11 is 4.55. The predicted octanol–water partition coefficient (Wildman–Crippen LogP) is 0.210. The van der Waals surface area contributed by atoms with Crippen molar-refractivity contribution in [2.45, 2.75) is 6.92 Å². The largest absolute Gasteiger partial charge is 0.374 e. The van der Waals surface area contributed by atoms with E-state index < -0.39 is 0 Å². The third-order valence-electron chi connectivity index (χ3n) is 0.919. The summed E-state index contributed by atoms with van der Waals surface area (Å²) in [5.74, 6) is 0.822. The Morgan fingerprint density at radius 1 is 1.56 bits per heavy atom. The van der Waals surface area contributed by atoms with E-state index in [0.29, 0.717) is 0 Å². The quantitative estimate of drug-likeness (QED) is 0.301. The summed E-state index contributed by atoms with van der Waals surface area (Å²) in [7, 11) is 3.77. The number of nitrogens with zero attached hydrogens (tertiary/aromatic N) is 2. The molecule has 0 heterocycles. The van der Waals surface area contributed by atoms with E-state index in [1.807, 2.05) is 25.9 Å². The van der Waals surface area contributed by atoms with Crippen LogP contribution in [0.3, 0.4) is 0 Å². The molecule has 9 heavy (non-hydrogen) atoms. The van der Waals surface area contributed by atoms with Crippen molar-refractivity contribution in [1.29, 1.82) is 0 Å². The number of nitrogens with two attached hydrogens (primary N) is 1. The van der Waals surface area contributed by atoms with Crippen molar-refractivity contribution in [2.75, 3.05) is 14.1 Å². The van der Waals surface area contributed by atoms with E-state index in [1.54, 1.807) is 0 Å². The van der Waals surface area contributed by atoms with Gasteiger partial charge in [-0.1, -0.05) is 0 Å². The monoisotopic (exact) mass is 145 g/mol. The lowest BCUT2D eigenvalue weighted by Crippen LogP contribution is -2.21. The fourth-order valence-electron chi connectivity index (χ4n) is 0.259. The van der Waals surface area contributed by atoms with Crippen molar-refractivity contribution in [3.63, 3.8) is 0 Å². The predicted molar refractivity (Wildman–Crippen MR) is 43.6 cm³/mol. The third kappa shape index (κ3) is 3.90. The molecule has 0 saturated heterocycles. The average molecular weight is 145 g/mol. The lowest BCUT2D eigenvalue weighted by molar-refractivity contribution is 0.619. The molecule has 0 unspecified atom stereocenters. The highest BCUT2D eigenvalue weighted by molar-refractivity contribution is 7.80. The van der Waals surface area contributed by atoms with Crippen LogP contribution in [-0.4, -0.2) is 29.9 Å². The van der Waals surface area contributed by atoms with Crippen molar-refractivity contribution in [3.8, 4) is 0 Å². The molecule has 0 atom stereocenters. The minimum atomic E-state index is 0.182. The molecule has 0 rings (SSSR count). The minimum Gasteiger partial charge on any atom is -0.374 e. The van der Waals surface area contributed by atoms with Gasteiger partial charge in [0.05, 0.1) is 0 Å². The average Bonchev–Trinajstić information content (AvgIpc) is 1.63. The number of hydrogen-bond acceptors (Lipinski definition) is 1. The van der Waals surface area contributed by atoms with E-state index in [-0.39, 0.29) is 5.11 Å². The van der Waals surface area contributed by atoms with Gasteiger partial charge in [0.1, 0.15) is 5.84 Å². The number of amidine groups is 1. The first kappa shape index (κ1) is 8.36. The molecule has 4 heteroatoms. The molecule has 3 nitrogen and oxygen atoms in total. The molecule has 0 aromatic carbocycles. The molecule has 0 saturated carbocycles. The highest BCUT2D eigenvalue weighted by atomic mass is 32.1. The Bertz CT molecular complexity index is 139. The summed E-state index contributed by atoms with van der Waals surface area (Å²) < 4.78 is 0. The van der Waals surface area contributed by atoms with E-state index >= 15 is 0 Å². The Kier molecular flexibility index (Phi) is 3.16. The summed E-state index contributed by atoms with van der Waals surface area (Å²) in [6.45, 7) is 1.85. The van der Waals surface area contributed by atoms with Crippen LogP contribution in [0.4, 0.5) is 0 Å². The highest BCUT2D eigenvalue weighted by Gasteiger charge is 1.91. The first-order valence-corrected chi connectivity index (χ1v) is 2.97. The smallest absolute Gasteiger partial charge is 0.191 e. The van der Waals surface area contributed by atoms with Crippen LogP contribution in [0.5, 0.6) is 0 Å². The molecule has 0 aliphatic heterocycles. The van der Waals surface area contributed by atoms with E-state index in [1.165, 1.54) is 0 Å². The summed E-state index contributed by atoms with van der Waals surface area (Å²) in [6, 6.07) is 0. The molecule has 2 N–H and O–H groups in total. The Hall–Kier alpha value is -0.640. The lowest BCUT2D eigenvalue weighted by Gasteiger charge is -2.09. The van der Waals surface area contributed by atoms with Gasteiger partial charge in [0, 0.05) is 14.1 Å². The van der Waals surface area contributed by atoms with Crippen LogP contribution in [0.25, 0.3) is 0 Å². The zero-order chi connectivity index (χ0) is 7.44. The Morgan fingerprint density at radius 3 is 2.11 bits per heavy atom. The molecule has 0 bridgehead atoms. The van der Waals surface area contributed by atoms with E-state index in [4.69, 9.17) is 5.73 Å². The molecule has 0 aliphatic rings. The topological polar surface area (TPSA) is 41.6 Å².